The van der Waals surface area contributed by atoms with Gasteiger partial charge >= 0.3 is 0 Å². The van der Waals surface area contributed by atoms with Crippen LogP contribution in [0.1, 0.15) is 45.5 Å². The molecule has 0 aliphatic heterocycles. The topological polar surface area (TPSA) is 94.9 Å². The van der Waals surface area contributed by atoms with E-state index in [0.717, 1.165) is 55.4 Å². The summed E-state index contributed by atoms with van der Waals surface area (Å²) in [5.41, 5.74) is 19.4. The number of hydrogen-bond acceptors (Lipinski definition) is 5. The van der Waals surface area contributed by atoms with Crippen molar-refractivity contribution in [3.8, 4) is 0 Å². The van der Waals surface area contributed by atoms with E-state index >= 15 is 0 Å². The summed E-state index contributed by atoms with van der Waals surface area (Å²) in [6.45, 7) is 0.906. The van der Waals surface area contributed by atoms with Crippen LogP contribution in [-0.4, -0.2) is 15.8 Å². The number of nitrogens with two attached hydrogens (primary N) is 2. The average Bonchev–Trinajstić information content (AvgIpc) is 3.06. The Kier molecular flexibility index (Phi) is 8.13. The van der Waals surface area contributed by atoms with E-state index < -0.39 is 11.8 Å². The second kappa shape index (κ2) is 12.4. The van der Waals surface area contributed by atoms with Crippen molar-refractivity contribution in [1.29, 1.82) is 0 Å². The maximum Gasteiger partial charge on any atom is 0.148 e. The summed E-state index contributed by atoms with van der Waals surface area (Å²) in [4.78, 5) is 24.6. The van der Waals surface area contributed by atoms with Crippen molar-refractivity contribution in [2.75, 3.05) is 0 Å². The van der Waals surface area contributed by atoms with Crippen LogP contribution in [0.3, 0.4) is 0 Å². The number of fused-ring (bicyclic) bond motifs is 2. The molecular weight excluding hydrogens is 516 g/mol. The number of Topliss-reactive ketones (excluding diaryl/α,β-unsaturated/α-hetero) is 1. The molecule has 208 valence electrons. The Hall–Kier alpha value is -4.71. The molecule has 6 aromatic rings. The first kappa shape index (κ1) is 27.5. The van der Waals surface area contributed by atoms with Crippen LogP contribution in [0.25, 0.3) is 21.8 Å². The Balaban J connectivity index is 1.41. The van der Waals surface area contributed by atoms with Crippen molar-refractivity contribution in [3.05, 3.63) is 155 Å². The Labute approximate surface area is 246 Å². The van der Waals surface area contributed by atoms with Gasteiger partial charge in [-0.25, -0.2) is 0 Å². The second-order valence-electron chi connectivity index (χ2n) is 10.8. The van der Waals surface area contributed by atoms with Gasteiger partial charge in [-0.15, -0.1) is 0 Å². The van der Waals surface area contributed by atoms with E-state index in [9.17, 15) is 4.79 Å². The number of rotatable bonds is 10. The molecule has 0 radical (unpaired) electrons. The highest BCUT2D eigenvalue weighted by atomic mass is 16.1. The average molecular weight is 551 g/mol. The molecule has 2 aromatic heterocycles. The van der Waals surface area contributed by atoms with E-state index in [4.69, 9.17) is 21.4 Å². The van der Waals surface area contributed by atoms with Gasteiger partial charge in [0, 0.05) is 59.9 Å². The first-order valence-corrected chi connectivity index (χ1v) is 14.4. The Morgan fingerprint density at radius 3 is 1.33 bits per heavy atom. The van der Waals surface area contributed by atoms with Gasteiger partial charge in [-0.05, 0) is 46.5 Å². The minimum Gasteiger partial charge on any atom is -0.326 e. The van der Waals surface area contributed by atoms with E-state index in [-0.39, 0.29) is 5.78 Å². The number of ketones is 1. The van der Waals surface area contributed by atoms with E-state index in [1.807, 2.05) is 97.1 Å². The van der Waals surface area contributed by atoms with E-state index in [2.05, 4.69) is 24.3 Å². The summed E-state index contributed by atoms with van der Waals surface area (Å²) in [5, 5.41) is 2.16. The predicted molar refractivity (Wildman–Crippen MR) is 170 cm³/mol. The van der Waals surface area contributed by atoms with Gasteiger partial charge in [0.1, 0.15) is 5.78 Å². The fourth-order valence-electron chi connectivity index (χ4n) is 5.64. The molecule has 2 atom stereocenters. The summed E-state index contributed by atoms with van der Waals surface area (Å²) in [6.07, 6.45) is 0.988. The summed E-state index contributed by atoms with van der Waals surface area (Å²) < 4.78 is 0. The number of hydrogen-bond donors (Lipinski definition) is 2. The number of carbonyl (C=O) groups is 1. The van der Waals surface area contributed by atoms with Gasteiger partial charge in [-0.3, -0.25) is 14.8 Å². The zero-order valence-corrected chi connectivity index (χ0v) is 23.5. The molecule has 6 rings (SSSR count). The third kappa shape index (κ3) is 5.98. The van der Waals surface area contributed by atoms with Gasteiger partial charge in [0.2, 0.25) is 0 Å². The monoisotopic (exact) mass is 550 g/mol. The number of pyridine rings is 2. The zero-order chi connectivity index (χ0) is 28.9. The molecule has 5 heteroatoms. The molecule has 0 bridgehead atoms. The number of nitrogens with zero attached hydrogens (tertiary/aromatic N) is 2. The van der Waals surface area contributed by atoms with Crippen molar-refractivity contribution in [3.63, 3.8) is 0 Å². The summed E-state index contributed by atoms with van der Waals surface area (Å²) in [7, 11) is 0. The van der Waals surface area contributed by atoms with Crippen LogP contribution in [0, 0.1) is 0 Å². The minimum atomic E-state index is -0.398. The van der Waals surface area contributed by atoms with Crippen LogP contribution >= 0.6 is 0 Å². The maximum atomic E-state index is 14.8. The number of para-hydroxylation sites is 2. The molecule has 0 aliphatic rings. The van der Waals surface area contributed by atoms with Crippen molar-refractivity contribution in [2.24, 2.45) is 11.5 Å². The van der Waals surface area contributed by atoms with Crippen LogP contribution in [0.5, 0.6) is 0 Å². The van der Waals surface area contributed by atoms with Crippen molar-refractivity contribution in [2.45, 2.75) is 37.8 Å². The predicted octanol–water partition coefficient (Wildman–Crippen LogP) is 6.62. The smallest absolute Gasteiger partial charge is 0.148 e. The summed E-state index contributed by atoms with van der Waals surface area (Å²) >= 11 is 0. The van der Waals surface area contributed by atoms with Crippen molar-refractivity contribution >= 4 is 27.6 Å². The van der Waals surface area contributed by atoms with Crippen LogP contribution in [0.15, 0.2) is 121 Å². The molecule has 0 saturated heterocycles. The fraction of sp³-hybridized carbons (Fsp3) is 0.162. The van der Waals surface area contributed by atoms with Gasteiger partial charge < -0.3 is 11.5 Å². The Morgan fingerprint density at radius 1 is 0.524 bits per heavy atom. The molecular formula is C37H34N4O. The van der Waals surface area contributed by atoms with Gasteiger partial charge in [0.15, 0.2) is 0 Å². The highest BCUT2D eigenvalue weighted by molar-refractivity contribution is 5.92. The molecule has 42 heavy (non-hydrogen) atoms. The third-order valence-electron chi connectivity index (χ3n) is 8.06. The lowest BCUT2D eigenvalue weighted by molar-refractivity contribution is -0.122. The number of carbonyl (C=O) groups excluding carboxylic acids is 1. The van der Waals surface area contributed by atoms with Crippen LogP contribution in [-0.2, 0) is 30.7 Å². The third-order valence-corrected chi connectivity index (χ3v) is 8.06. The van der Waals surface area contributed by atoms with Crippen molar-refractivity contribution < 1.29 is 4.79 Å². The minimum absolute atomic E-state index is 0.140. The summed E-state index contributed by atoms with van der Waals surface area (Å²) in [6, 6.07) is 40.6. The SMILES string of the molecule is NCc1ccc(C(Cc2ccc3ccccc3n2)C(=O)C(Cc2ccc3ccccc3n2)c2ccc(CN)cc2)cc1. The molecule has 2 unspecified atom stereocenters. The number of aromatic nitrogens is 2. The molecule has 0 amide bonds. The lowest BCUT2D eigenvalue weighted by Gasteiger charge is -2.24. The largest absolute Gasteiger partial charge is 0.326 e. The maximum absolute atomic E-state index is 14.8. The van der Waals surface area contributed by atoms with Crippen LogP contribution < -0.4 is 11.5 Å². The first-order valence-electron chi connectivity index (χ1n) is 14.4. The molecule has 4 N–H and O–H groups in total. The van der Waals surface area contributed by atoms with Gasteiger partial charge in [0.25, 0.3) is 0 Å². The lowest BCUT2D eigenvalue weighted by atomic mass is 9.79. The zero-order valence-electron chi connectivity index (χ0n) is 23.5. The highest BCUT2D eigenvalue weighted by Gasteiger charge is 2.31. The molecule has 4 aromatic carbocycles. The Bertz CT molecular complexity index is 1700. The second-order valence-corrected chi connectivity index (χ2v) is 10.8. The van der Waals surface area contributed by atoms with Gasteiger partial charge in [0.05, 0.1) is 11.0 Å². The molecule has 2 heterocycles. The Morgan fingerprint density at radius 2 is 0.929 bits per heavy atom. The number of benzene rings is 4. The first-order chi connectivity index (χ1) is 20.6. The molecule has 0 fully saturated rings. The lowest BCUT2D eigenvalue weighted by Crippen LogP contribution is -2.25. The van der Waals surface area contributed by atoms with Gasteiger partial charge in [-0.2, -0.15) is 0 Å². The normalized spacial score (nSPS) is 12.8. The van der Waals surface area contributed by atoms with Crippen LogP contribution in [0.4, 0.5) is 0 Å². The van der Waals surface area contributed by atoms with Gasteiger partial charge in [-0.1, -0.05) is 97.1 Å². The molecule has 0 spiro atoms. The van der Waals surface area contributed by atoms with Crippen molar-refractivity contribution in [1.82, 2.24) is 9.97 Å². The highest BCUT2D eigenvalue weighted by Crippen LogP contribution is 2.33. The van der Waals surface area contributed by atoms with E-state index in [1.54, 1.807) is 0 Å². The van der Waals surface area contributed by atoms with Crippen LogP contribution in [0.2, 0.25) is 0 Å². The molecule has 0 saturated carbocycles. The van der Waals surface area contributed by atoms with E-state index in [0.29, 0.717) is 25.9 Å². The van der Waals surface area contributed by atoms with E-state index in [1.165, 1.54) is 0 Å². The quantitative estimate of drug-likeness (QED) is 0.200. The molecule has 0 aliphatic carbocycles. The molecule has 5 nitrogen and oxygen atoms in total. The standard InChI is InChI=1S/C37H34N4O/c38-23-25-9-13-27(14-10-25)33(21-31-19-17-29-5-1-3-7-35(29)40-31)37(42)34(28-15-11-26(24-39)12-16-28)22-32-20-18-30-6-2-4-8-36(30)41-32/h1-20,33-34H,21-24,38-39H2. The summed E-state index contributed by atoms with van der Waals surface area (Å²) in [5.74, 6) is -0.656. The fourth-order valence-corrected chi connectivity index (χ4v) is 5.64.